The number of hydrogen-bond acceptors (Lipinski definition) is 4. The summed E-state index contributed by atoms with van der Waals surface area (Å²) >= 11 is 0. The van der Waals surface area contributed by atoms with Gasteiger partial charge in [0, 0.05) is 18.3 Å². The lowest BCUT2D eigenvalue weighted by Gasteiger charge is -2.11. The molecule has 0 fully saturated rings. The van der Waals surface area contributed by atoms with Crippen LogP contribution < -0.4 is 19.5 Å². The highest BCUT2D eigenvalue weighted by molar-refractivity contribution is 5.48. The number of ether oxygens (including phenoxy) is 3. The van der Waals surface area contributed by atoms with Gasteiger partial charge in [-0.3, -0.25) is 0 Å². The first kappa shape index (κ1) is 19.6. The van der Waals surface area contributed by atoms with Gasteiger partial charge in [-0.05, 0) is 48.4 Å². The molecule has 4 heteroatoms. The first-order valence-corrected chi connectivity index (χ1v) is 9.70. The summed E-state index contributed by atoms with van der Waals surface area (Å²) in [7, 11) is 0. The van der Waals surface area contributed by atoms with Gasteiger partial charge < -0.3 is 19.5 Å². The van der Waals surface area contributed by atoms with Crippen LogP contribution in [0.15, 0.2) is 78.9 Å². The van der Waals surface area contributed by atoms with Gasteiger partial charge in [-0.2, -0.15) is 0 Å². The van der Waals surface area contributed by atoms with Crippen LogP contribution in [0.1, 0.15) is 18.9 Å². The smallest absolute Gasteiger partial charge is 0.122 e. The van der Waals surface area contributed by atoms with E-state index in [9.17, 15) is 0 Å². The fourth-order valence-corrected chi connectivity index (χ4v) is 2.66. The highest BCUT2D eigenvalue weighted by Crippen LogP contribution is 2.19. The molecule has 1 N–H and O–H groups in total. The number of para-hydroxylation sites is 1. The highest BCUT2D eigenvalue weighted by atomic mass is 16.5. The molecule has 0 aliphatic carbocycles. The summed E-state index contributed by atoms with van der Waals surface area (Å²) in [5.74, 6) is 2.60. The molecule has 0 amide bonds. The average Bonchev–Trinajstić information content (AvgIpc) is 2.76. The monoisotopic (exact) mass is 377 g/mol. The second-order valence-electron chi connectivity index (χ2n) is 6.38. The molecular formula is C24H27NO3. The topological polar surface area (TPSA) is 39.7 Å². The molecule has 28 heavy (non-hydrogen) atoms. The maximum absolute atomic E-state index is 5.74. The van der Waals surface area contributed by atoms with Gasteiger partial charge in [-0.15, -0.1) is 0 Å². The van der Waals surface area contributed by atoms with Crippen molar-refractivity contribution in [1.29, 1.82) is 0 Å². The number of anilines is 1. The van der Waals surface area contributed by atoms with Crippen LogP contribution in [0.5, 0.6) is 17.2 Å². The number of benzene rings is 3. The minimum atomic E-state index is 0.511. The Balaban J connectivity index is 1.40. The van der Waals surface area contributed by atoms with Crippen molar-refractivity contribution in [3.8, 4) is 17.2 Å². The molecule has 0 atom stereocenters. The Kier molecular flexibility index (Phi) is 7.62. The highest BCUT2D eigenvalue weighted by Gasteiger charge is 1.99. The Morgan fingerprint density at radius 1 is 0.643 bits per heavy atom. The predicted octanol–water partition coefficient (Wildman–Crippen LogP) is 5.55. The predicted molar refractivity (Wildman–Crippen MR) is 113 cm³/mol. The van der Waals surface area contributed by atoms with E-state index in [1.54, 1.807) is 0 Å². The zero-order chi connectivity index (χ0) is 19.4. The summed E-state index contributed by atoms with van der Waals surface area (Å²) in [5.41, 5.74) is 2.24. The van der Waals surface area contributed by atoms with Gasteiger partial charge in [0.15, 0.2) is 0 Å². The fourth-order valence-electron chi connectivity index (χ4n) is 2.66. The minimum absolute atomic E-state index is 0.511. The van der Waals surface area contributed by atoms with E-state index in [1.807, 2.05) is 66.7 Å². The van der Waals surface area contributed by atoms with Crippen LogP contribution in [0.3, 0.4) is 0 Å². The van der Waals surface area contributed by atoms with Crippen molar-refractivity contribution < 1.29 is 14.2 Å². The largest absolute Gasteiger partial charge is 0.494 e. The van der Waals surface area contributed by atoms with Crippen molar-refractivity contribution in [2.45, 2.75) is 19.9 Å². The Hall–Kier alpha value is -3.14. The van der Waals surface area contributed by atoms with Crippen molar-refractivity contribution in [3.05, 3.63) is 84.4 Å². The molecule has 0 spiro atoms. The molecule has 0 aliphatic heterocycles. The van der Waals surface area contributed by atoms with Gasteiger partial charge in [0.05, 0.1) is 6.61 Å². The first-order chi connectivity index (χ1) is 13.8. The normalized spacial score (nSPS) is 10.3. The molecule has 0 radical (unpaired) electrons. The van der Waals surface area contributed by atoms with Gasteiger partial charge in [0.2, 0.25) is 0 Å². The summed E-state index contributed by atoms with van der Waals surface area (Å²) < 4.78 is 17.0. The average molecular weight is 377 g/mol. The van der Waals surface area contributed by atoms with E-state index in [4.69, 9.17) is 14.2 Å². The molecule has 0 heterocycles. The Bertz CT molecular complexity index is 819. The lowest BCUT2D eigenvalue weighted by atomic mass is 10.2. The van der Waals surface area contributed by atoms with Crippen LogP contribution in [-0.4, -0.2) is 19.8 Å². The number of rotatable bonds is 11. The maximum Gasteiger partial charge on any atom is 0.122 e. The Morgan fingerprint density at radius 3 is 2.00 bits per heavy atom. The molecule has 0 bridgehead atoms. The van der Waals surface area contributed by atoms with E-state index in [-0.39, 0.29) is 0 Å². The molecule has 0 aliphatic rings. The zero-order valence-electron chi connectivity index (χ0n) is 16.3. The third-order valence-corrected chi connectivity index (χ3v) is 4.09. The molecule has 0 saturated carbocycles. The molecule has 3 aromatic carbocycles. The summed E-state index contributed by atoms with van der Waals surface area (Å²) in [6, 6.07) is 25.9. The summed E-state index contributed by atoms with van der Waals surface area (Å²) in [6.45, 7) is 4.61. The van der Waals surface area contributed by atoms with Gasteiger partial charge in [-0.1, -0.05) is 43.3 Å². The Labute approximate surface area is 167 Å². The fraction of sp³-hybridized carbons (Fsp3) is 0.250. The minimum Gasteiger partial charge on any atom is -0.494 e. The number of nitrogens with one attached hydrogen (secondary N) is 1. The SMILES string of the molecule is CCCOc1cccc(NCc2ccc(OCCOc3ccccc3)cc2)c1. The van der Waals surface area contributed by atoms with Crippen molar-refractivity contribution >= 4 is 5.69 Å². The van der Waals surface area contributed by atoms with E-state index in [0.29, 0.717) is 13.2 Å². The van der Waals surface area contributed by atoms with Crippen molar-refractivity contribution in [2.75, 3.05) is 25.1 Å². The molecule has 0 unspecified atom stereocenters. The van der Waals surface area contributed by atoms with E-state index in [1.165, 1.54) is 5.56 Å². The standard InChI is InChI=1S/C24H27NO3/c1-2-15-26-24-10-6-7-21(18-24)25-19-20-11-13-23(14-12-20)28-17-16-27-22-8-4-3-5-9-22/h3-14,18,25H,2,15-17,19H2,1H3. The third-order valence-electron chi connectivity index (χ3n) is 4.09. The lowest BCUT2D eigenvalue weighted by Crippen LogP contribution is -2.09. The second kappa shape index (κ2) is 10.9. The summed E-state index contributed by atoms with van der Waals surface area (Å²) in [5, 5.41) is 3.43. The van der Waals surface area contributed by atoms with Crippen molar-refractivity contribution in [2.24, 2.45) is 0 Å². The second-order valence-corrected chi connectivity index (χ2v) is 6.38. The molecule has 4 nitrogen and oxygen atoms in total. The van der Waals surface area contributed by atoms with Gasteiger partial charge in [0.1, 0.15) is 30.5 Å². The Morgan fingerprint density at radius 2 is 1.29 bits per heavy atom. The lowest BCUT2D eigenvalue weighted by molar-refractivity contribution is 0.217. The maximum atomic E-state index is 5.74. The molecule has 3 rings (SSSR count). The van der Waals surface area contributed by atoms with E-state index in [2.05, 4.69) is 24.4 Å². The van der Waals surface area contributed by atoms with Crippen LogP contribution >= 0.6 is 0 Å². The van der Waals surface area contributed by atoms with E-state index in [0.717, 1.165) is 42.5 Å². The summed E-state index contributed by atoms with van der Waals surface area (Å²) in [6.07, 6.45) is 1.00. The number of hydrogen-bond donors (Lipinski definition) is 1. The van der Waals surface area contributed by atoms with Crippen LogP contribution in [0, 0.1) is 0 Å². The molecular weight excluding hydrogens is 350 g/mol. The quantitative estimate of drug-likeness (QED) is 0.445. The van der Waals surface area contributed by atoms with Crippen LogP contribution in [0.4, 0.5) is 5.69 Å². The van der Waals surface area contributed by atoms with Crippen molar-refractivity contribution in [3.63, 3.8) is 0 Å². The van der Waals surface area contributed by atoms with Crippen LogP contribution in [0.2, 0.25) is 0 Å². The van der Waals surface area contributed by atoms with Crippen LogP contribution in [-0.2, 0) is 6.54 Å². The molecule has 0 aromatic heterocycles. The van der Waals surface area contributed by atoms with Crippen molar-refractivity contribution in [1.82, 2.24) is 0 Å². The van der Waals surface area contributed by atoms with Gasteiger partial charge in [0.25, 0.3) is 0 Å². The summed E-state index contributed by atoms with van der Waals surface area (Å²) in [4.78, 5) is 0. The van der Waals surface area contributed by atoms with E-state index < -0.39 is 0 Å². The zero-order valence-corrected chi connectivity index (χ0v) is 16.3. The van der Waals surface area contributed by atoms with Gasteiger partial charge in [-0.25, -0.2) is 0 Å². The van der Waals surface area contributed by atoms with Gasteiger partial charge >= 0.3 is 0 Å². The third kappa shape index (κ3) is 6.54. The molecule has 146 valence electrons. The van der Waals surface area contributed by atoms with Crippen LogP contribution in [0.25, 0.3) is 0 Å². The first-order valence-electron chi connectivity index (χ1n) is 9.70. The molecule has 0 saturated heterocycles. The van der Waals surface area contributed by atoms with E-state index >= 15 is 0 Å². The molecule has 3 aromatic rings.